The van der Waals surface area contributed by atoms with Crippen molar-refractivity contribution in [3.05, 3.63) is 42.0 Å². The first-order chi connectivity index (χ1) is 10.2. The van der Waals surface area contributed by atoms with Crippen molar-refractivity contribution < 1.29 is 9.53 Å². The fourth-order valence-corrected chi connectivity index (χ4v) is 3.04. The molecule has 0 unspecified atom stereocenters. The molecule has 0 radical (unpaired) electrons. The molecule has 0 N–H and O–H groups in total. The van der Waals surface area contributed by atoms with Gasteiger partial charge in [0, 0.05) is 26.7 Å². The summed E-state index contributed by atoms with van der Waals surface area (Å²) < 4.78 is 5.62. The van der Waals surface area contributed by atoms with Crippen molar-refractivity contribution in [1.82, 2.24) is 9.80 Å². The summed E-state index contributed by atoms with van der Waals surface area (Å²) in [5.41, 5.74) is 1.21. The van der Waals surface area contributed by atoms with E-state index < -0.39 is 0 Å². The molecule has 1 aromatic rings. The Morgan fingerprint density at radius 1 is 1.24 bits per heavy atom. The fourth-order valence-electron chi connectivity index (χ4n) is 3.04. The van der Waals surface area contributed by atoms with Gasteiger partial charge in [-0.1, -0.05) is 42.5 Å². The van der Waals surface area contributed by atoms with Crippen molar-refractivity contribution in [2.45, 2.75) is 6.04 Å². The van der Waals surface area contributed by atoms with E-state index in [2.05, 4.69) is 29.2 Å². The zero-order valence-electron chi connectivity index (χ0n) is 12.4. The van der Waals surface area contributed by atoms with Gasteiger partial charge in [-0.15, -0.1) is 0 Å². The van der Waals surface area contributed by atoms with Crippen LogP contribution in [0.3, 0.4) is 0 Å². The van der Waals surface area contributed by atoms with E-state index in [0.717, 1.165) is 19.6 Å². The van der Waals surface area contributed by atoms with E-state index in [-0.39, 0.29) is 17.9 Å². The molecule has 2 heterocycles. The Balaban J connectivity index is 1.64. The van der Waals surface area contributed by atoms with Gasteiger partial charge < -0.3 is 9.64 Å². The Morgan fingerprint density at radius 3 is 2.86 bits per heavy atom. The molecule has 4 nitrogen and oxygen atoms in total. The molecule has 3 rings (SSSR count). The summed E-state index contributed by atoms with van der Waals surface area (Å²) in [6, 6.07) is 10.5. The van der Waals surface area contributed by atoms with Gasteiger partial charge in [0.15, 0.2) is 0 Å². The molecule has 4 heteroatoms. The number of ether oxygens (including phenoxy) is 1. The quantitative estimate of drug-likeness (QED) is 0.844. The fraction of sp³-hybridized carbons (Fsp3) is 0.471. The van der Waals surface area contributed by atoms with Crippen molar-refractivity contribution in [2.75, 3.05) is 39.9 Å². The molecule has 2 aliphatic heterocycles. The summed E-state index contributed by atoms with van der Waals surface area (Å²) in [6.45, 7) is 3.76. The molecule has 0 aromatic heterocycles. The lowest BCUT2D eigenvalue weighted by Crippen LogP contribution is -2.43. The van der Waals surface area contributed by atoms with Crippen LogP contribution in [0.2, 0.25) is 0 Å². The second-order valence-electron chi connectivity index (χ2n) is 5.87. The van der Waals surface area contributed by atoms with Gasteiger partial charge in [0.1, 0.15) is 0 Å². The molecule has 0 saturated carbocycles. The molecule has 2 bridgehead atoms. The van der Waals surface area contributed by atoms with E-state index in [1.54, 1.807) is 0 Å². The van der Waals surface area contributed by atoms with E-state index in [9.17, 15) is 4.79 Å². The number of fused-ring (bicyclic) bond motifs is 3. The number of rotatable bonds is 3. The summed E-state index contributed by atoms with van der Waals surface area (Å²) in [5.74, 6) is 0.208. The van der Waals surface area contributed by atoms with Gasteiger partial charge in [0.05, 0.1) is 25.2 Å². The third kappa shape index (κ3) is 3.34. The Bertz CT molecular complexity index is 515. The van der Waals surface area contributed by atoms with Crippen molar-refractivity contribution in [3.8, 4) is 0 Å². The van der Waals surface area contributed by atoms with Gasteiger partial charge in [-0.05, 0) is 5.56 Å². The highest BCUT2D eigenvalue weighted by Gasteiger charge is 2.36. The molecule has 112 valence electrons. The molecule has 0 spiro atoms. The standard InChI is InChI=1S/C17H22N2O2/c1-18-16-11-19(10-15(17(18)20)12-21-13-16)9-5-8-14-6-3-2-4-7-14/h2-8,15-16H,9-13H2,1H3/b8-5+/t15-,16+/m1/s1. The van der Waals surface area contributed by atoms with Gasteiger partial charge >= 0.3 is 0 Å². The van der Waals surface area contributed by atoms with Crippen molar-refractivity contribution in [2.24, 2.45) is 5.92 Å². The molecule has 0 aliphatic carbocycles. The molecule has 2 fully saturated rings. The molecular weight excluding hydrogens is 264 g/mol. The minimum atomic E-state index is -0.0207. The van der Waals surface area contributed by atoms with E-state index in [1.165, 1.54) is 5.56 Å². The van der Waals surface area contributed by atoms with E-state index in [0.29, 0.717) is 13.2 Å². The third-order valence-electron chi connectivity index (χ3n) is 4.29. The van der Waals surface area contributed by atoms with Crippen LogP contribution in [0, 0.1) is 5.92 Å². The summed E-state index contributed by atoms with van der Waals surface area (Å²) in [7, 11) is 1.90. The van der Waals surface area contributed by atoms with Crippen LogP contribution < -0.4 is 0 Å². The molecule has 2 aliphatic rings. The van der Waals surface area contributed by atoms with Gasteiger partial charge in [-0.3, -0.25) is 9.69 Å². The van der Waals surface area contributed by atoms with Crippen LogP contribution in [-0.4, -0.2) is 61.6 Å². The van der Waals surface area contributed by atoms with Gasteiger partial charge in [0.25, 0.3) is 0 Å². The van der Waals surface area contributed by atoms with Crippen molar-refractivity contribution >= 4 is 12.0 Å². The first-order valence-corrected chi connectivity index (χ1v) is 7.52. The number of carbonyl (C=O) groups is 1. The van der Waals surface area contributed by atoms with E-state index in [1.807, 2.05) is 30.1 Å². The minimum absolute atomic E-state index is 0.0207. The minimum Gasteiger partial charge on any atom is -0.378 e. The predicted molar refractivity (Wildman–Crippen MR) is 82.8 cm³/mol. The summed E-state index contributed by atoms with van der Waals surface area (Å²) in [5, 5.41) is 0. The molecule has 2 atom stereocenters. The van der Waals surface area contributed by atoms with Gasteiger partial charge in [0.2, 0.25) is 5.91 Å². The van der Waals surface area contributed by atoms with Crippen molar-refractivity contribution in [3.63, 3.8) is 0 Å². The second kappa shape index (κ2) is 6.41. The maximum atomic E-state index is 12.3. The summed E-state index contributed by atoms with van der Waals surface area (Å²) in [4.78, 5) is 16.5. The molecule has 1 amide bonds. The number of hydrogen-bond donors (Lipinski definition) is 0. The third-order valence-corrected chi connectivity index (χ3v) is 4.29. The molecule has 2 saturated heterocycles. The molecule has 1 aromatic carbocycles. The largest absolute Gasteiger partial charge is 0.378 e. The maximum Gasteiger partial charge on any atom is 0.229 e. The van der Waals surface area contributed by atoms with Crippen LogP contribution >= 0.6 is 0 Å². The molecule has 21 heavy (non-hydrogen) atoms. The second-order valence-corrected chi connectivity index (χ2v) is 5.87. The Labute approximate surface area is 126 Å². The summed E-state index contributed by atoms with van der Waals surface area (Å²) in [6.07, 6.45) is 4.32. The number of nitrogens with zero attached hydrogens (tertiary/aromatic N) is 2. The monoisotopic (exact) mass is 286 g/mol. The van der Waals surface area contributed by atoms with Crippen LogP contribution in [0.1, 0.15) is 5.56 Å². The predicted octanol–water partition coefficient (Wildman–Crippen LogP) is 1.49. The SMILES string of the molecule is CN1C(=O)[C@H]2COC[C@@H]1CN(C/C=C/c1ccccc1)C2. The van der Waals surface area contributed by atoms with E-state index >= 15 is 0 Å². The highest BCUT2D eigenvalue weighted by Crippen LogP contribution is 2.19. The zero-order chi connectivity index (χ0) is 14.7. The van der Waals surface area contributed by atoms with Crippen LogP contribution in [0.15, 0.2) is 36.4 Å². The van der Waals surface area contributed by atoms with Crippen LogP contribution in [-0.2, 0) is 9.53 Å². The van der Waals surface area contributed by atoms with Gasteiger partial charge in [-0.2, -0.15) is 0 Å². The number of likely N-dealkylation sites (N-methyl/N-ethyl adjacent to an activating group) is 1. The number of hydrogen-bond acceptors (Lipinski definition) is 3. The Kier molecular flexibility index (Phi) is 4.36. The zero-order valence-corrected chi connectivity index (χ0v) is 12.4. The summed E-state index contributed by atoms with van der Waals surface area (Å²) >= 11 is 0. The Hall–Kier alpha value is -1.65. The van der Waals surface area contributed by atoms with Crippen molar-refractivity contribution in [1.29, 1.82) is 0 Å². The van der Waals surface area contributed by atoms with Crippen LogP contribution in [0.4, 0.5) is 0 Å². The highest BCUT2D eigenvalue weighted by atomic mass is 16.5. The topological polar surface area (TPSA) is 32.8 Å². The first-order valence-electron chi connectivity index (χ1n) is 7.52. The Morgan fingerprint density at radius 2 is 2.05 bits per heavy atom. The maximum absolute atomic E-state index is 12.3. The number of carbonyl (C=O) groups excluding carboxylic acids is 1. The van der Waals surface area contributed by atoms with Gasteiger partial charge in [-0.25, -0.2) is 0 Å². The lowest BCUT2D eigenvalue weighted by Gasteiger charge is -2.28. The number of benzene rings is 1. The van der Waals surface area contributed by atoms with E-state index in [4.69, 9.17) is 4.74 Å². The number of amides is 1. The normalized spacial score (nSPS) is 27.1. The highest BCUT2D eigenvalue weighted by molar-refractivity contribution is 5.80. The lowest BCUT2D eigenvalue weighted by atomic mass is 10.1. The first kappa shape index (κ1) is 14.3. The average molecular weight is 286 g/mol. The lowest BCUT2D eigenvalue weighted by molar-refractivity contribution is -0.133. The molecular formula is C17H22N2O2. The van der Waals surface area contributed by atoms with Crippen LogP contribution in [0.25, 0.3) is 6.08 Å². The van der Waals surface area contributed by atoms with Crippen LogP contribution in [0.5, 0.6) is 0 Å². The smallest absolute Gasteiger partial charge is 0.229 e. The average Bonchev–Trinajstić information content (AvgIpc) is 2.67.